The molecule has 35 heavy (non-hydrogen) atoms. The number of aromatic amines is 1. The summed E-state index contributed by atoms with van der Waals surface area (Å²) in [5, 5.41) is 24.2. The number of benzene rings is 2. The molecule has 184 valence electrons. The van der Waals surface area contributed by atoms with Crippen molar-refractivity contribution in [1.82, 2.24) is 20.5 Å². The molecule has 1 aromatic heterocycles. The molecule has 3 N–H and O–H groups in total. The number of non-ortho nitro benzene ring substituents is 1. The summed E-state index contributed by atoms with van der Waals surface area (Å²) >= 11 is 4.62. The van der Waals surface area contributed by atoms with Crippen LogP contribution in [0.15, 0.2) is 46.0 Å². The van der Waals surface area contributed by atoms with Crippen LogP contribution in [0.5, 0.6) is 0 Å². The van der Waals surface area contributed by atoms with Gasteiger partial charge in [-0.15, -0.1) is 5.10 Å². The Bertz CT molecular complexity index is 1240. The van der Waals surface area contributed by atoms with Crippen molar-refractivity contribution in [2.45, 2.75) is 38.9 Å². The van der Waals surface area contributed by atoms with Gasteiger partial charge in [-0.2, -0.15) is 0 Å². The lowest BCUT2D eigenvalue weighted by atomic mass is 10.0. The van der Waals surface area contributed by atoms with Gasteiger partial charge in [-0.3, -0.25) is 24.8 Å². The minimum absolute atomic E-state index is 0.0462. The molecule has 0 bridgehead atoms. The Labute approximate surface area is 215 Å². The number of amides is 2. The molecule has 0 fully saturated rings. The lowest BCUT2D eigenvalue weighted by Crippen LogP contribution is -2.32. The van der Waals surface area contributed by atoms with E-state index in [4.69, 9.17) is 0 Å². The van der Waals surface area contributed by atoms with E-state index in [1.54, 1.807) is 0 Å². The first kappa shape index (κ1) is 26.4. The number of H-pyrrole nitrogens is 1. The first-order chi connectivity index (χ1) is 16.5. The summed E-state index contributed by atoms with van der Waals surface area (Å²) in [6.45, 7) is 7.67. The highest BCUT2D eigenvalue weighted by Gasteiger charge is 2.24. The zero-order valence-corrected chi connectivity index (χ0v) is 22.0. The molecular formula is C23H25BrN6O4S. The minimum atomic E-state index is -0.549. The molecule has 0 saturated heterocycles. The largest absolute Gasteiger partial charge is 0.342 e. The second-order valence-electron chi connectivity index (χ2n) is 8.26. The molecule has 3 aromatic rings. The molecule has 1 heterocycles. The van der Waals surface area contributed by atoms with Crippen molar-refractivity contribution in [2.75, 3.05) is 11.1 Å². The van der Waals surface area contributed by atoms with Crippen LogP contribution in [0.4, 0.5) is 11.4 Å². The molecule has 1 atom stereocenters. The average molecular weight is 561 g/mol. The maximum atomic E-state index is 12.7. The Morgan fingerprint density at radius 3 is 2.51 bits per heavy atom. The van der Waals surface area contributed by atoms with Gasteiger partial charge in [-0.05, 0) is 49.1 Å². The highest BCUT2D eigenvalue weighted by molar-refractivity contribution is 9.10. The maximum absolute atomic E-state index is 12.7. The third-order valence-electron chi connectivity index (χ3n) is 5.14. The van der Waals surface area contributed by atoms with Crippen molar-refractivity contribution < 1.29 is 14.5 Å². The standard InChI is InChI=1S/C23H25BrN6O4S/c1-12(2)19(26-22(32)15-6-5-7-17(10-15)30(33)34)21-27-23(29-28-21)35-11-18(31)25-20-13(3)8-16(24)9-14(20)4/h5-10,12,19H,11H2,1-4H3,(H,25,31)(H,26,32)(H,27,28,29)/t19-/m1/s1. The lowest BCUT2D eigenvalue weighted by molar-refractivity contribution is -0.384. The molecule has 0 aliphatic heterocycles. The van der Waals surface area contributed by atoms with Gasteiger partial charge < -0.3 is 10.6 Å². The minimum Gasteiger partial charge on any atom is -0.342 e. The number of carbonyl (C=O) groups excluding carboxylic acids is 2. The summed E-state index contributed by atoms with van der Waals surface area (Å²) in [5.74, 6) is -0.151. The summed E-state index contributed by atoms with van der Waals surface area (Å²) in [5.41, 5.74) is 2.70. The zero-order valence-electron chi connectivity index (χ0n) is 19.6. The normalized spacial score (nSPS) is 11.8. The van der Waals surface area contributed by atoms with E-state index < -0.39 is 16.9 Å². The van der Waals surface area contributed by atoms with E-state index in [-0.39, 0.29) is 28.8 Å². The zero-order chi connectivity index (χ0) is 25.7. The maximum Gasteiger partial charge on any atom is 0.270 e. The fourth-order valence-electron chi connectivity index (χ4n) is 3.41. The van der Waals surface area contributed by atoms with E-state index in [2.05, 4.69) is 41.7 Å². The fraction of sp³-hybridized carbons (Fsp3) is 0.304. The molecule has 2 amide bonds. The number of aryl methyl sites for hydroxylation is 2. The van der Waals surface area contributed by atoms with E-state index in [1.807, 2.05) is 39.8 Å². The van der Waals surface area contributed by atoms with Crippen molar-refractivity contribution in [2.24, 2.45) is 5.92 Å². The van der Waals surface area contributed by atoms with Crippen LogP contribution in [0.1, 0.15) is 47.2 Å². The van der Waals surface area contributed by atoms with Crippen LogP contribution in [0.3, 0.4) is 0 Å². The first-order valence-electron chi connectivity index (χ1n) is 10.7. The molecule has 2 aromatic carbocycles. The topological polar surface area (TPSA) is 143 Å². The Kier molecular flexibility index (Phi) is 8.62. The number of hydrogen-bond donors (Lipinski definition) is 3. The molecule has 0 unspecified atom stereocenters. The monoisotopic (exact) mass is 560 g/mol. The van der Waals surface area contributed by atoms with Gasteiger partial charge in [0.1, 0.15) is 5.82 Å². The highest BCUT2D eigenvalue weighted by atomic mass is 79.9. The average Bonchev–Trinajstić information content (AvgIpc) is 3.26. The summed E-state index contributed by atoms with van der Waals surface area (Å²) in [6, 6.07) is 8.88. The number of thioether (sulfide) groups is 1. The van der Waals surface area contributed by atoms with Crippen LogP contribution in [0, 0.1) is 29.9 Å². The molecule has 0 aliphatic rings. The van der Waals surface area contributed by atoms with Crippen LogP contribution in [-0.4, -0.2) is 37.7 Å². The number of rotatable bonds is 9. The van der Waals surface area contributed by atoms with Gasteiger partial charge in [0.05, 0.1) is 16.7 Å². The Morgan fingerprint density at radius 1 is 1.20 bits per heavy atom. The van der Waals surface area contributed by atoms with Gasteiger partial charge in [-0.1, -0.05) is 47.6 Å². The van der Waals surface area contributed by atoms with Gasteiger partial charge in [-0.25, -0.2) is 4.98 Å². The van der Waals surface area contributed by atoms with E-state index in [1.165, 1.54) is 36.0 Å². The van der Waals surface area contributed by atoms with Crippen LogP contribution in [0.25, 0.3) is 0 Å². The number of nitrogens with zero attached hydrogens (tertiary/aromatic N) is 3. The highest BCUT2D eigenvalue weighted by Crippen LogP contribution is 2.26. The number of nitro benzene ring substituents is 1. The quantitative estimate of drug-likeness (QED) is 0.191. The molecule has 12 heteroatoms. The number of anilines is 1. The van der Waals surface area contributed by atoms with Crippen molar-refractivity contribution in [3.8, 4) is 0 Å². The van der Waals surface area contributed by atoms with Gasteiger partial charge >= 0.3 is 0 Å². The number of halogens is 1. The summed E-state index contributed by atoms with van der Waals surface area (Å²) in [7, 11) is 0. The molecule has 0 radical (unpaired) electrons. The summed E-state index contributed by atoms with van der Waals surface area (Å²) in [4.78, 5) is 40.1. The first-order valence-corrected chi connectivity index (χ1v) is 12.5. The van der Waals surface area contributed by atoms with Crippen LogP contribution < -0.4 is 10.6 Å². The Morgan fingerprint density at radius 2 is 1.89 bits per heavy atom. The van der Waals surface area contributed by atoms with Crippen molar-refractivity contribution in [1.29, 1.82) is 0 Å². The van der Waals surface area contributed by atoms with E-state index in [0.29, 0.717) is 11.0 Å². The van der Waals surface area contributed by atoms with Crippen LogP contribution >= 0.6 is 27.7 Å². The van der Waals surface area contributed by atoms with Gasteiger partial charge in [0.15, 0.2) is 0 Å². The number of nitro groups is 1. The third kappa shape index (κ3) is 6.89. The van der Waals surface area contributed by atoms with E-state index in [9.17, 15) is 19.7 Å². The van der Waals surface area contributed by atoms with E-state index >= 15 is 0 Å². The van der Waals surface area contributed by atoms with Gasteiger partial charge in [0.25, 0.3) is 11.6 Å². The number of hydrogen-bond acceptors (Lipinski definition) is 7. The van der Waals surface area contributed by atoms with Crippen molar-refractivity contribution >= 4 is 50.9 Å². The fourth-order valence-corrected chi connectivity index (χ4v) is 4.70. The molecule has 10 nitrogen and oxygen atoms in total. The molecular weight excluding hydrogens is 536 g/mol. The van der Waals surface area contributed by atoms with E-state index in [0.717, 1.165) is 21.3 Å². The van der Waals surface area contributed by atoms with Crippen LogP contribution in [-0.2, 0) is 4.79 Å². The molecule has 0 spiro atoms. The smallest absolute Gasteiger partial charge is 0.270 e. The predicted molar refractivity (Wildman–Crippen MR) is 137 cm³/mol. The second kappa shape index (κ2) is 11.5. The lowest BCUT2D eigenvalue weighted by Gasteiger charge is -2.19. The number of nitrogens with one attached hydrogen (secondary N) is 3. The molecule has 0 aliphatic carbocycles. The van der Waals surface area contributed by atoms with Crippen molar-refractivity contribution in [3.05, 3.63) is 73.5 Å². The second-order valence-corrected chi connectivity index (χ2v) is 10.1. The van der Waals surface area contributed by atoms with Gasteiger partial charge in [0, 0.05) is 27.9 Å². The Hall–Kier alpha value is -3.25. The SMILES string of the molecule is Cc1cc(Br)cc(C)c1NC(=O)CSc1n[nH]c([C@H](NC(=O)c2cccc([N+](=O)[O-])c2)C(C)C)n1. The summed E-state index contributed by atoms with van der Waals surface area (Å²) in [6.07, 6.45) is 0. The summed E-state index contributed by atoms with van der Waals surface area (Å²) < 4.78 is 0.949. The van der Waals surface area contributed by atoms with Crippen molar-refractivity contribution in [3.63, 3.8) is 0 Å². The predicted octanol–water partition coefficient (Wildman–Crippen LogP) is 4.95. The molecule has 0 saturated carbocycles. The molecule has 3 rings (SSSR count). The Balaban J connectivity index is 1.64. The third-order valence-corrected chi connectivity index (χ3v) is 6.45. The van der Waals surface area contributed by atoms with Gasteiger partial charge in [0.2, 0.25) is 11.1 Å². The van der Waals surface area contributed by atoms with Crippen LogP contribution in [0.2, 0.25) is 0 Å². The number of carbonyl (C=O) groups is 2. The number of aromatic nitrogens is 3.